The number of aryl methyl sites for hydroxylation is 1. The Hall–Kier alpha value is -8.34. The van der Waals surface area contributed by atoms with Crippen molar-refractivity contribution in [2.45, 2.75) is 95.9 Å². The number of nitrogens with two attached hydrogens (primary N) is 2. The number of aliphatic hydroxyl groups is 1. The van der Waals surface area contributed by atoms with Crippen LogP contribution in [0, 0.1) is 12.7 Å². The molecule has 0 saturated carbocycles. The maximum absolute atomic E-state index is 15.4. The summed E-state index contributed by atoms with van der Waals surface area (Å²) in [7, 11) is 0. The number of alkyl carbamates (subject to hydrolysis) is 1. The van der Waals surface area contributed by atoms with Crippen LogP contribution >= 0.6 is 0 Å². The fourth-order valence-corrected chi connectivity index (χ4v) is 9.17. The van der Waals surface area contributed by atoms with Gasteiger partial charge in [0.2, 0.25) is 29.5 Å². The highest BCUT2D eigenvalue weighted by Gasteiger charge is 2.46. The highest BCUT2D eigenvalue weighted by Crippen LogP contribution is 2.46. The molecule has 0 saturated heterocycles. The second-order valence-electron chi connectivity index (χ2n) is 17.2. The first-order valence-electron chi connectivity index (χ1n) is 22.1. The molecule has 0 spiro atoms. The molecular weight excluding hydrogens is 918 g/mol. The molecule has 2 aromatic heterocycles. The number of carbonyl (C=O) groups excluding carboxylic acids is 9. The first-order chi connectivity index (χ1) is 33.3. The average Bonchev–Trinajstić information content (AvgIpc) is 3.85. The standard InChI is InChI=1S/C47H46FN9O13/c1-3-47(68)27-14-33-41-25(18-57(33)44(65)26(27)20-69-45(47)66)40-29(9-8-24-21(2)28(48)15-30(53-41)39(24)40)55-46(67)70-19-22-4-6-23(7-5-22)51-42(63)32(17-35(50)59)54-43(64)31(16-34(49)58)52-36(60)12-13-56-37(61)10-11-38(56)62/h4-7,10-11,14-15,29,31-32,68H,3,8-9,12-13,16-20H2,1-2H3,(H2,49,58)(H2,50,59)(H,51,63)(H,52,60)(H,54,64)(H,55,67)/t29-,31-,32-,47-/m0/s1. The number of anilines is 1. The molecule has 70 heavy (non-hydrogen) atoms. The lowest BCUT2D eigenvalue weighted by Crippen LogP contribution is -2.54. The summed E-state index contributed by atoms with van der Waals surface area (Å²) < 4.78 is 27.6. The van der Waals surface area contributed by atoms with E-state index in [1.54, 1.807) is 19.9 Å². The topological polar surface area (TPSA) is 331 Å². The number of fused-ring (bicyclic) bond motifs is 5. The molecule has 0 radical (unpaired) electrons. The number of nitrogens with zero attached hydrogens (tertiary/aromatic N) is 3. The molecule has 1 aliphatic carbocycles. The van der Waals surface area contributed by atoms with Gasteiger partial charge in [-0.25, -0.2) is 19.0 Å². The van der Waals surface area contributed by atoms with Crippen molar-refractivity contribution >= 4 is 70.0 Å². The van der Waals surface area contributed by atoms with Crippen LogP contribution in [0.1, 0.15) is 84.0 Å². The number of esters is 1. The molecule has 2 aromatic carbocycles. The number of benzene rings is 2. The van der Waals surface area contributed by atoms with E-state index in [2.05, 4.69) is 21.3 Å². The van der Waals surface area contributed by atoms with Crippen molar-refractivity contribution in [2.75, 3.05) is 11.9 Å². The highest BCUT2D eigenvalue weighted by molar-refractivity contribution is 6.13. The van der Waals surface area contributed by atoms with Crippen molar-refractivity contribution in [1.29, 1.82) is 0 Å². The highest BCUT2D eigenvalue weighted by atomic mass is 19.1. The van der Waals surface area contributed by atoms with Crippen LogP contribution in [-0.2, 0) is 79.6 Å². The predicted octanol–water partition coefficient (Wildman–Crippen LogP) is 0.415. The van der Waals surface area contributed by atoms with Gasteiger partial charge in [-0.1, -0.05) is 19.1 Å². The molecule has 3 aliphatic heterocycles. The molecular formula is C47H46FN9O13. The van der Waals surface area contributed by atoms with Gasteiger partial charge in [0.15, 0.2) is 5.60 Å². The molecule has 4 atom stereocenters. The predicted molar refractivity (Wildman–Crippen MR) is 241 cm³/mol. The largest absolute Gasteiger partial charge is 0.458 e. The number of aromatic nitrogens is 2. The van der Waals surface area contributed by atoms with E-state index in [1.165, 1.54) is 34.9 Å². The zero-order chi connectivity index (χ0) is 50.3. The van der Waals surface area contributed by atoms with E-state index in [9.17, 15) is 53.1 Å². The molecule has 8 amide bonds. The number of imide groups is 1. The summed E-state index contributed by atoms with van der Waals surface area (Å²) in [6.07, 6.45) is 0.107. The molecule has 364 valence electrons. The van der Waals surface area contributed by atoms with Gasteiger partial charge in [-0.3, -0.25) is 43.3 Å². The van der Waals surface area contributed by atoms with Crippen LogP contribution in [0.25, 0.3) is 22.3 Å². The van der Waals surface area contributed by atoms with Gasteiger partial charge in [0.1, 0.15) is 31.1 Å². The van der Waals surface area contributed by atoms with Crippen LogP contribution in [0.15, 0.2) is 53.3 Å². The molecule has 5 heterocycles. The number of amides is 8. The number of ether oxygens (including phenoxy) is 2. The van der Waals surface area contributed by atoms with Gasteiger partial charge in [-0.2, -0.15) is 0 Å². The van der Waals surface area contributed by atoms with Crippen LogP contribution in [-0.4, -0.2) is 91.6 Å². The second-order valence-corrected chi connectivity index (χ2v) is 17.2. The van der Waals surface area contributed by atoms with Crippen LogP contribution in [0.3, 0.4) is 0 Å². The Morgan fingerprint density at radius 2 is 1.61 bits per heavy atom. The van der Waals surface area contributed by atoms with Crippen molar-refractivity contribution < 1.29 is 62.1 Å². The van der Waals surface area contributed by atoms with Crippen molar-refractivity contribution in [3.05, 3.63) is 104 Å². The van der Waals surface area contributed by atoms with Gasteiger partial charge >= 0.3 is 12.1 Å². The van der Waals surface area contributed by atoms with Crippen LogP contribution < -0.4 is 38.3 Å². The number of pyridine rings is 2. The number of nitrogens with one attached hydrogen (secondary N) is 4. The third-order valence-electron chi connectivity index (χ3n) is 12.8. The number of carbonyl (C=O) groups is 9. The van der Waals surface area contributed by atoms with Crippen molar-refractivity contribution in [3.8, 4) is 11.4 Å². The van der Waals surface area contributed by atoms with E-state index in [0.717, 1.165) is 17.1 Å². The Kier molecular flexibility index (Phi) is 13.0. The Morgan fingerprint density at radius 3 is 2.27 bits per heavy atom. The molecule has 9 N–H and O–H groups in total. The third kappa shape index (κ3) is 9.17. The third-order valence-corrected chi connectivity index (χ3v) is 12.8. The van der Waals surface area contributed by atoms with Crippen LogP contribution in [0.4, 0.5) is 14.9 Å². The number of cyclic esters (lactones) is 1. The summed E-state index contributed by atoms with van der Waals surface area (Å²) in [6.45, 7) is 2.42. The van der Waals surface area contributed by atoms with Crippen LogP contribution in [0.2, 0.25) is 0 Å². The van der Waals surface area contributed by atoms with Gasteiger partial charge in [0, 0.05) is 53.4 Å². The number of rotatable bonds is 16. The van der Waals surface area contributed by atoms with Gasteiger partial charge in [-0.05, 0) is 66.6 Å². The lowest BCUT2D eigenvalue weighted by atomic mass is 9.81. The molecule has 0 fully saturated rings. The Labute approximate surface area is 395 Å². The number of hydrogen-bond donors (Lipinski definition) is 7. The number of hydrogen-bond acceptors (Lipinski definition) is 14. The van der Waals surface area contributed by atoms with Gasteiger partial charge in [0.05, 0.1) is 47.9 Å². The van der Waals surface area contributed by atoms with E-state index in [1.807, 2.05) is 0 Å². The second kappa shape index (κ2) is 19.0. The maximum atomic E-state index is 15.4. The molecule has 4 aliphatic rings. The lowest BCUT2D eigenvalue weighted by Gasteiger charge is -2.31. The van der Waals surface area contributed by atoms with E-state index in [4.69, 9.17) is 25.9 Å². The van der Waals surface area contributed by atoms with Crippen molar-refractivity contribution in [1.82, 2.24) is 30.4 Å². The zero-order valence-corrected chi connectivity index (χ0v) is 37.6. The molecule has 8 rings (SSSR count). The van der Waals surface area contributed by atoms with Crippen molar-refractivity contribution in [2.24, 2.45) is 11.5 Å². The quantitative estimate of drug-likeness (QED) is 0.0521. The molecule has 0 bridgehead atoms. The summed E-state index contributed by atoms with van der Waals surface area (Å²) in [5.74, 6) is -7.38. The Bertz CT molecular complexity index is 3040. The fourth-order valence-electron chi connectivity index (χ4n) is 9.17. The first-order valence-corrected chi connectivity index (χ1v) is 22.1. The van der Waals surface area contributed by atoms with E-state index in [0.29, 0.717) is 62.9 Å². The molecule has 22 nitrogen and oxygen atoms in total. The Morgan fingerprint density at radius 1 is 0.943 bits per heavy atom. The first kappa shape index (κ1) is 48.1. The summed E-state index contributed by atoms with van der Waals surface area (Å²) in [6, 6.07) is 4.96. The lowest BCUT2D eigenvalue weighted by molar-refractivity contribution is -0.172. The maximum Gasteiger partial charge on any atom is 0.407 e. The van der Waals surface area contributed by atoms with Crippen molar-refractivity contribution in [3.63, 3.8) is 0 Å². The number of primary amides is 2. The minimum absolute atomic E-state index is 0.0380. The van der Waals surface area contributed by atoms with Gasteiger partial charge in [0.25, 0.3) is 17.4 Å². The monoisotopic (exact) mass is 963 g/mol. The SMILES string of the molecule is CC[C@@]1(O)C(=O)OCc2c1cc1n(c2=O)Cc2c-1nc1cc(F)c(C)c3c1c2[C@@H](NC(=O)OCc1ccc(NC(=O)[C@H](CC(N)=O)NC(=O)[C@H](CC(N)=O)NC(=O)CCN2C(=O)C=CC2=O)cc1)CC3. The summed E-state index contributed by atoms with van der Waals surface area (Å²) >= 11 is 0. The van der Waals surface area contributed by atoms with E-state index >= 15 is 4.39 Å². The Balaban J connectivity index is 0.931. The van der Waals surface area contributed by atoms with Gasteiger partial charge < -0.3 is 51.9 Å². The molecule has 23 heteroatoms. The summed E-state index contributed by atoms with van der Waals surface area (Å²) in [5.41, 5.74) is 12.3. The normalized spacial score (nSPS) is 18.3. The smallest absolute Gasteiger partial charge is 0.407 e. The number of halogens is 1. The van der Waals surface area contributed by atoms with E-state index < -0.39 is 108 Å². The zero-order valence-electron chi connectivity index (χ0n) is 37.6. The minimum atomic E-state index is -2.06. The van der Waals surface area contributed by atoms with Crippen LogP contribution in [0.5, 0.6) is 0 Å². The fraction of sp³-hybridized carbons (Fsp3) is 0.340. The minimum Gasteiger partial charge on any atom is -0.458 e. The average molecular weight is 964 g/mol. The summed E-state index contributed by atoms with van der Waals surface area (Å²) in [4.78, 5) is 132. The van der Waals surface area contributed by atoms with Gasteiger partial charge in [-0.15, -0.1) is 0 Å². The summed E-state index contributed by atoms with van der Waals surface area (Å²) in [5, 5.41) is 22.0. The molecule has 0 unspecified atom stereocenters. The van der Waals surface area contributed by atoms with E-state index in [-0.39, 0.29) is 49.5 Å². The molecule has 4 aromatic rings.